The molecule has 1 aliphatic heterocycles. The molecule has 4 nitrogen and oxygen atoms in total. The quantitative estimate of drug-likeness (QED) is 0.718. The second-order valence-electron chi connectivity index (χ2n) is 5.76. The molecule has 0 bridgehead atoms. The molecule has 1 saturated carbocycles. The highest BCUT2D eigenvalue weighted by molar-refractivity contribution is 5.75. The van der Waals surface area contributed by atoms with Crippen LogP contribution in [0.2, 0.25) is 0 Å². The van der Waals surface area contributed by atoms with Crippen LogP contribution in [0.5, 0.6) is 0 Å². The van der Waals surface area contributed by atoms with Crippen LogP contribution in [0, 0.1) is 5.92 Å². The maximum absolute atomic E-state index is 10.8. The van der Waals surface area contributed by atoms with Crippen LogP contribution in [-0.2, 0) is 4.79 Å². The highest BCUT2D eigenvalue weighted by Gasteiger charge is 2.26. The van der Waals surface area contributed by atoms with Crippen molar-refractivity contribution in [3.05, 3.63) is 0 Å². The van der Waals surface area contributed by atoms with Gasteiger partial charge in [0.15, 0.2) is 0 Å². The lowest BCUT2D eigenvalue weighted by atomic mass is 10.0. The molecular formula is C13H25N3O. The Morgan fingerprint density at radius 2 is 2.00 bits per heavy atom. The monoisotopic (exact) mass is 239 g/mol. The molecule has 0 aromatic rings. The largest absolute Gasteiger partial charge is 0.369 e. The number of nitrogens with one attached hydrogen (secondary N) is 1. The molecule has 0 aromatic heterocycles. The standard InChI is InChI=1S/C13H25N3O/c1-10(8-11-2-3-11)15-12-4-6-16(7-5-12)9-13(14)17/h10-12,15H,2-9H2,1H3,(H2,14,17). The molecule has 4 heteroatoms. The van der Waals surface area contributed by atoms with Crippen molar-refractivity contribution in [1.29, 1.82) is 0 Å². The number of amides is 1. The minimum Gasteiger partial charge on any atom is -0.369 e. The predicted molar refractivity (Wildman–Crippen MR) is 68.6 cm³/mol. The number of piperidine rings is 1. The first-order valence-electron chi connectivity index (χ1n) is 6.90. The van der Waals surface area contributed by atoms with Crippen molar-refractivity contribution in [1.82, 2.24) is 10.2 Å². The number of nitrogens with two attached hydrogens (primary N) is 1. The Bertz CT molecular complexity index is 257. The van der Waals surface area contributed by atoms with Gasteiger partial charge in [0.05, 0.1) is 6.54 Å². The van der Waals surface area contributed by atoms with Crippen molar-refractivity contribution in [2.24, 2.45) is 11.7 Å². The lowest BCUT2D eigenvalue weighted by Gasteiger charge is -2.33. The van der Waals surface area contributed by atoms with Crippen molar-refractivity contribution < 1.29 is 4.79 Å². The van der Waals surface area contributed by atoms with E-state index in [4.69, 9.17) is 5.73 Å². The summed E-state index contributed by atoms with van der Waals surface area (Å²) >= 11 is 0. The van der Waals surface area contributed by atoms with Crippen LogP contribution < -0.4 is 11.1 Å². The van der Waals surface area contributed by atoms with E-state index in [-0.39, 0.29) is 5.91 Å². The molecule has 2 rings (SSSR count). The van der Waals surface area contributed by atoms with E-state index in [0.29, 0.717) is 18.6 Å². The average molecular weight is 239 g/mol. The van der Waals surface area contributed by atoms with E-state index in [1.807, 2.05) is 0 Å². The molecule has 1 saturated heterocycles. The van der Waals surface area contributed by atoms with Gasteiger partial charge in [0.1, 0.15) is 0 Å². The zero-order valence-electron chi connectivity index (χ0n) is 10.8. The second-order valence-corrected chi connectivity index (χ2v) is 5.76. The van der Waals surface area contributed by atoms with Gasteiger partial charge in [0, 0.05) is 25.2 Å². The Balaban J connectivity index is 1.62. The van der Waals surface area contributed by atoms with Gasteiger partial charge in [-0.15, -0.1) is 0 Å². The summed E-state index contributed by atoms with van der Waals surface area (Å²) in [4.78, 5) is 13.0. The van der Waals surface area contributed by atoms with E-state index in [9.17, 15) is 4.79 Å². The molecule has 17 heavy (non-hydrogen) atoms. The summed E-state index contributed by atoms with van der Waals surface area (Å²) in [6.07, 6.45) is 6.48. The SMILES string of the molecule is CC(CC1CC1)NC1CCN(CC(N)=O)CC1. The van der Waals surface area contributed by atoms with Crippen molar-refractivity contribution in [2.75, 3.05) is 19.6 Å². The number of nitrogens with zero attached hydrogens (tertiary/aromatic N) is 1. The summed E-state index contributed by atoms with van der Waals surface area (Å²) in [5.74, 6) is 0.783. The normalized spacial score (nSPS) is 24.8. The molecule has 3 N–H and O–H groups in total. The van der Waals surface area contributed by atoms with Crippen LogP contribution in [0.15, 0.2) is 0 Å². The molecule has 1 heterocycles. The molecule has 98 valence electrons. The highest BCUT2D eigenvalue weighted by Crippen LogP contribution is 2.33. The van der Waals surface area contributed by atoms with Gasteiger partial charge in [-0.25, -0.2) is 0 Å². The molecule has 0 aromatic carbocycles. The molecular weight excluding hydrogens is 214 g/mol. The summed E-state index contributed by atoms with van der Waals surface area (Å²) in [6.45, 7) is 4.71. The summed E-state index contributed by atoms with van der Waals surface area (Å²) in [5, 5.41) is 3.72. The number of hydrogen-bond acceptors (Lipinski definition) is 3. The van der Waals surface area contributed by atoms with E-state index in [2.05, 4.69) is 17.1 Å². The minimum absolute atomic E-state index is 0.210. The highest BCUT2D eigenvalue weighted by atomic mass is 16.1. The van der Waals surface area contributed by atoms with Crippen LogP contribution in [0.4, 0.5) is 0 Å². The maximum atomic E-state index is 10.8. The molecule has 2 fully saturated rings. The molecule has 0 radical (unpaired) electrons. The summed E-state index contributed by atoms with van der Waals surface area (Å²) in [6, 6.07) is 1.28. The third-order valence-corrected chi connectivity index (χ3v) is 3.87. The van der Waals surface area contributed by atoms with E-state index in [0.717, 1.165) is 31.8 Å². The van der Waals surface area contributed by atoms with Crippen molar-refractivity contribution >= 4 is 5.91 Å². The first-order chi connectivity index (χ1) is 8.13. The molecule has 2 aliphatic rings. The maximum Gasteiger partial charge on any atom is 0.231 e. The van der Waals surface area contributed by atoms with Crippen molar-refractivity contribution in [3.63, 3.8) is 0 Å². The van der Waals surface area contributed by atoms with Gasteiger partial charge in [-0.3, -0.25) is 9.69 Å². The first kappa shape index (κ1) is 12.8. The van der Waals surface area contributed by atoms with Crippen LogP contribution in [0.1, 0.15) is 39.0 Å². The van der Waals surface area contributed by atoms with Gasteiger partial charge in [-0.1, -0.05) is 12.8 Å². The van der Waals surface area contributed by atoms with E-state index in [1.54, 1.807) is 0 Å². The van der Waals surface area contributed by atoms with E-state index < -0.39 is 0 Å². The van der Waals surface area contributed by atoms with Gasteiger partial charge in [0.25, 0.3) is 0 Å². The van der Waals surface area contributed by atoms with Gasteiger partial charge < -0.3 is 11.1 Å². The molecule has 1 atom stereocenters. The summed E-state index contributed by atoms with van der Waals surface area (Å²) < 4.78 is 0. The summed E-state index contributed by atoms with van der Waals surface area (Å²) in [5.41, 5.74) is 5.20. The molecule has 0 spiro atoms. The number of carbonyl (C=O) groups excluding carboxylic acids is 1. The summed E-state index contributed by atoms with van der Waals surface area (Å²) in [7, 11) is 0. The van der Waals surface area contributed by atoms with Crippen LogP contribution in [0.25, 0.3) is 0 Å². The molecule has 1 amide bonds. The van der Waals surface area contributed by atoms with Gasteiger partial charge >= 0.3 is 0 Å². The zero-order chi connectivity index (χ0) is 12.3. The van der Waals surface area contributed by atoms with Crippen molar-refractivity contribution in [2.45, 2.75) is 51.1 Å². The second kappa shape index (κ2) is 5.83. The Labute approximate surface area is 104 Å². The number of carbonyl (C=O) groups is 1. The van der Waals surface area contributed by atoms with E-state index >= 15 is 0 Å². The topological polar surface area (TPSA) is 58.4 Å². The smallest absolute Gasteiger partial charge is 0.231 e. The number of hydrogen-bond donors (Lipinski definition) is 2. The third-order valence-electron chi connectivity index (χ3n) is 3.87. The van der Waals surface area contributed by atoms with Gasteiger partial charge in [0.2, 0.25) is 5.91 Å². The van der Waals surface area contributed by atoms with Crippen LogP contribution >= 0.6 is 0 Å². The van der Waals surface area contributed by atoms with Crippen LogP contribution in [-0.4, -0.2) is 42.5 Å². The van der Waals surface area contributed by atoms with Crippen LogP contribution in [0.3, 0.4) is 0 Å². The van der Waals surface area contributed by atoms with E-state index in [1.165, 1.54) is 19.3 Å². The first-order valence-corrected chi connectivity index (χ1v) is 6.90. The Kier molecular flexibility index (Phi) is 4.40. The zero-order valence-corrected chi connectivity index (χ0v) is 10.8. The minimum atomic E-state index is -0.210. The fourth-order valence-electron chi connectivity index (χ4n) is 2.80. The molecule has 1 aliphatic carbocycles. The Hall–Kier alpha value is -0.610. The number of primary amides is 1. The number of rotatable bonds is 6. The Morgan fingerprint density at radius 1 is 1.35 bits per heavy atom. The lowest BCUT2D eigenvalue weighted by Crippen LogP contribution is -2.47. The molecule has 1 unspecified atom stereocenters. The third kappa shape index (κ3) is 4.64. The van der Waals surface area contributed by atoms with Gasteiger partial charge in [-0.2, -0.15) is 0 Å². The fraction of sp³-hybridized carbons (Fsp3) is 0.923. The Morgan fingerprint density at radius 3 is 2.53 bits per heavy atom. The van der Waals surface area contributed by atoms with Crippen molar-refractivity contribution in [3.8, 4) is 0 Å². The average Bonchev–Trinajstić information content (AvgIpc) is 3.04. The lowest BCUT2D eigenvalue weighted by molar-refractivity contribution is -0.119. The predicted octanol–water partition coefficient (Wildman–Crippen LogP) is 0.714. The fourth-order valence-corrected chi connectivity index (χ4v) is 2.80. The number of likely N-dealkylation sites (tertiary alicyclic amines) is 1. The van der Waals surface area contributed by atoms with Gasteiger partial charge in [-0.05, 0) is 32.1 Å².